The number of hydrogen-bond donors (Lipinski definition) is 3. The number of benzene rings is 1. The van der Waals surface area contributed by atoms with Gasteiger partial charge in [0.25, 0.3) is 5.69 Å². The lowest BCUT2D eigenvalue weighted by Crippen LogP contribution is -3.00. The smallest absolute Gasteiger partial charge is 0.269 e. The van der Waals surface area contributed by atoms with Crippen LogP contribution in [0, 0.1) is 10.1 Å². The van der Waals surface area contributed by atoms with Gasteiger partial charge in [0.1, 0.15) is 0 Å². The third kappa shape index (κ3) is 4.80. The average Bonchev–Trinajstić information content (AvgIpc) is 2.16. The van der Waals surface area contributed by atoms with Gasteiger partial charge < -0.3 is 29.6 Å². The van der Waals surface area contributed by atoms with Gasteiger partial charge in [0.15, 0.2) is 5.96 Å². The predicted molar refractivity (Wildman–Crippen MR) is 60.2 cm³/mol. The topological polar surface area (TPSA) is 146 Å². The fraction of sp³-hybridized carbons (Fsp3) is 0. The predicted octanol–water partition coefficient (Wildman–Crippen LogP) is -3.18. The van der Waals surface area contributed by atoms with Gasteiger partial charge in [-0.05, 0) is 12.1 Å². The van der Waals surface area contributed by atoms with Crippen LogP contribution < -0.4 is 29.6 Å². The molecule has 0 amide bonds. The van der Waals surface area contributed by atoms with E-state index in [2.05, 4.69) is 9.98 Å². The maximum Gasteiger partial charge on any atom is 0.269 e. The number of nitrogens with two attached hydrogens (primary N) is 3. The summed E-state index contributed by atoms with van der Waals surface area (Å²) in [4.78, 5) is 17.2. The maximum absolute atomic E-state index is 10.4. The van der Waals surface area contributed by atoms with Crippen molar-refractivity contribution >= 4 is 23.3 Å². The Balaban J connectivity index is 0.00000256. The molecule has 0 fully saturated rings. The molecular formula is C8H10ClN6O2-. The number of rotatable bonds is 2. The van der Waals surface area contributed by atoms with Crippen molar-refractivity contribution in [3.05, 3.63) is 34.4 Å². The molecule has 0 heterocycles. The molecule has 0 unspecified atom stereocenters. The van der Waals surface area contributed by atoms with Crippen LogP contribution in [0.5, 0.6) is 0 Å². The van der Waals surface area contributed by atoms with Crippen molar-refractivity contribution < 1.29 is 17.3 Å². The number of nitro groups is 1. The SMILES string of the molecule is NC(N)=NC(N)=Nc1ccc([N+](=O)[O-])cc1.[Cl-]. The van der Waals surface area contributed by atoms with E-state index in [4.69, 9.17) is 17.2 Å². The summed E-state index contributed by atoms with van der Waals surface area (Å²) in [5.74, 6) is -0.322. The van der Waals surface area contributed by atoms with Gasteiger partial charge in [-0.1, -0.05) is 0 Å². The zero-order valence-electron chi connectivity index (χ0n) is 8.58. The lowest BCUT2D eigenvalue weighted by Gasteiger charge is -1.95. The molecule has 17 heavy (non-hydrogen) atoms. The third-order valence-corrected chi connectivity index (χ3v) is 1.55. The quantitative estimate of drug-likeness (QED) is 0.221. The molecule has 0 saturated heterocycles. The highest BCUT2D eigenvalue weighted by atomic mass is 35.5. The Morgan fingerprint density at radius 3 is 2.12 bits per heavy atom. The largest absolute Gasteiger partial charge is 1.00 e. The van der Waals surface area contributed by atoms with Crippen LogP contribution in [-0.2, 0) is 0 Å². The van der Waals surface area contributed by atoms with E-state index in [1.807, 2.05) is 0 Å². The molecular weight excluding hydrogens is 248 g/mol. The summed E-state index contributed by atoms with van der Waals surface area (Å²) >= 11 is 0. The summed E-state index contributed by atoms with van der Waals surface area (Å²) in [6, 6.07) is 5.49. The van der Waals surface area contributed by atoms with Crippen molar-refractivity contribution in [3.63, 3.8) is 0 Å². The minimum absolute atomic E-state index is 0. The van der Waals surface area contributed by atoms with E-state index in [1.165, 1.54) is 24.3 Å². The van der Waals surface area contributed by atoms with E-state index in [-0.39, 0.29) is 30.0 Å². The molecule has 1 aromatic carbocycles. The Morgan fingerprint density at radius 2 is 1.71 bits per heavy atom. The summed E-state index contributed by atoms with van der Waals surface area (Å²) in [5, 5.41) is 10.4. The Morgan fingerprint density at radius 1 is 1.18 bits per heavy atom. The van der Waals surface area contributed by atoms with Crippen LogP contribution in [0.2, 0.25) is 0 Å². The van der Waals surface area contributed by atoms with E-state index < -0.39 is 4.92 Å². The first-order chi connectivity index (χ1) is 7.49. The lowest BCUT2D eigenvalue weighted by molar-refractivity contribution is -0.384. The van der Waals surface area contributed by atoms with Gasteiger partial charge in [-0.15, -0.1) is 0 Å². The van der Waals surface area contributed by atoms with Crippen LogP contribution in [-0.4, -0.2) is 16.8 Å². The standard InChI is InChI=1S/C8H10N6O2.ClH/c9-7(10)13-8(11)12-5-1-3-6(4-2-5)14(15)16;/h1-4H,(H6,9,10,11,12,13);1H/p-1. The molecule has 0 aliphatic heterocycles. The molecule has 1 rings (SSSR count). The Labute approximate surface area is 103 Å². The van der Waals surface area contributed by atoms with E-state index >= 15 is 0 Å². The first-order valence-corrected chi connectivity index (χ1v) is 4.17. The maximum atomic E-state index is 10.4. The highest BCUT2D eigenvalue weighted by Crippen LogP contribution is 2.17. The van der Waals surface area contributed by atoms with Crippen LogP contribution >= 0.6 is 0 Å². The summed E-state index contributed by atoms with van der Waals surface area (Å²) < 4.78 is 0. The molecule has 0 aromatic heterocycles. The number of nitro benzene ring substituents is 1. The average molecular weight is 258 g/mol. The van der Waals surface area contributed by atoms with Crippen LogP contribution in [0.1, 0.15) is 0 Å². The van der Waals surface area contributed by atoms with Crippen LogP contribution in [0.4, 0.5) is 11.4 Å². The van der Waals surface area contributed by atoms with Gasteiger partial charge in [0.2, 0.25) is 5.96 Å². The summed E-state index contributed by atoms with van der Waals surface area (Å²) in [7, 11) is 0. The normalized spacial score (nSPS) is 10.2. The lowest BCUT2D eigenvalue weighted by atomic mass is 10.3. The molecule has 0 spiro atoms. The van der Waals surface area contributed by atoms with Crippen molar-refractivity contribution in [3.8, 4) is 0 Å². The zero-order chi connectivity index (χ0) is 12.1. The highest BCUT2D eigenvalue weighted by Gasteiger charge is 2.03. The van der Waals surface area contributed by atoms with E-state index in [1.54, 1.807) is 0 Å². The minimum Gasteiger partial charge on any atom is -1.00 e. The fourth-order valence-corrected chi connectivity index (χ4v) is 0.938. The molecule has 0 aliphatic carbocycles. The van der Waals surface area contributed by atoms with Crippen LogP contribution in [0.25, 0.3) is 0 Å². The van der Waals surface area contributed by atoms with E-state index in [9.17, 15) is 10.1 Å². The van der Waals surface area contributed by atoms with Crippen molar-refractivity contribution in [2.75, 3.05) is 0 Å². The molecule has 92 valence electrons. The monoisotopic (exact) mass is 257 g/mol. The van der Waals surface area contributed by atoms with Crippen molar-refractivity contribution in [2.45, 2.75) is 0 Å². The van der Waals surface area contributed by atoms with Gasteiger partial charge in [-0.3, -0.25) is 10.1 Å². The second kappa shape index (κ2) is 6.28. The zero-order valence-corrected chi connectivity index (χ0v) is 9.33. The van der Waals surface area contributed by atoms with E-state index in [0.29, 0.717) is 5.69 Å². The molecule has 0 bridgehead atoms. The molecule has 8 nitrogen and oxygen atoms in total. The number of non-ortho nitro benzene ring substituents is 1. The Kier molecular flexibility index (Phi) is 5.41. The van der Waals surface area contributed by atoms with Gasteiger partial charge in [0.05, 0.1) is 10.6 Å². The molecule has 1 aromatic rings. The molecule has 9 heteroatoms. The minimum atomic E-state index is -0.507. The second-order valence-electron chi connectivity index (χ2n) is 2.78. The Bertz CT molecular complexity index is 452. The third-order valence-electron chi connectivity index (χ3n) is 1.55. The van der Waals surface area contributed by atoms with Crippen LogP contribution in [0.3, 0.4) is 0 Å². The number of aliphatic imine (C=N–C) groups is 2. The Hall–Kier alpha value is -2.35. The molecule has 0 aliphatic rings. The molecule has 0 saturated carbocycles. The molecule has 6 N–H and O–H groups in total. The molecule has 0 atom stereocenters. The van der Waals surface area contributed by atoms with Crippen molar-refractivity contribution in [1.82, 2.24) is 0 Å². The summed E-state index contributed by atoms with van der Waals surface area (Å²) in [5.41, 5.74) is 15.9. The van der Waals surface area contributed by atoms with E-state index in [0.717, 1.165) is 0 Å². The number of halogens is 1. The first-order valence-electron chi connectivity index (χ1n) is 4.17. The highest BCUT2D eigenvalue weighted by molar-refractivity contribution is 5.93. The van der Waals surface area contributed by atoms with Crippen molar-refractivity contribution in [2.24, 2.45) is 27.2 Å². The molecule has 0 radical (unpaired) electrons. The first kappa shape index (κ1) is 14.6. The second-order valence-corrected chi connectivity index (χ2v) is 2.78. The number of hydrogen-bond acceptors (Lipinski definition) is 3. The van der Waals surface area contributed by atoms with Gasteiger partial charge in [-0.2, -0.15) is 4.99 Å². The number of guanidine groups is 2. The summed E-state index contributed by atoms with van der Waals surface area (Å²) in [6.45, 7) is 0. The fourth-order valence-electron chi connectivity index (χ4n) is 0.938. The number of nitrogens with zero attached hydrogens (tertiary/aromatic N) is 3. The van der Waals surface area contributed by atoms with Crippen LogP contribution in [0.15, 0.2) is 34.3 Å². The van der Waals surface area contributed by atoms with Gasteiger partial charge >= 0.3 is 0 Å². The van der Waals surface area contributed by atoms with Crippen molar-refractivity contribution in [1.29, 1.82) is 0 Å². The summed E-state index contributed by atoms with van der Waals surface area (Å²) in [6.07, 6.45) is 0. The van der Waals surface area contributed by atoms with Gasteiger partial charge in [0, 0.05) is 12.1 Å². The van der Waals surface area contributed by atoms with Gasteiger partial charge in [-0.25, -0.2) is 4.99 Å².